The topological polar surface area (TPSA) is 63.9 Å². The lowest BCUT2D eigenvalue weighted by Gasteiger charge is -2.24. The monoisotopic (exact) mass is 421 g/mol. The highest BCUT2D eigenvalue weighted by Gasteiger charge is 2.32. The second-order valence-electron chi connectivity index (χ2n) is 5.82. The Labute approximate surface area is 168 Å². The molecule has 0 bridgehead atoms. The van der Waals surface area contributed by atoms with Gasteiger partial charge in [-0.15, -0.1) is 28.2 Å². The molecule has 1 saturated heterocycles. The predicted octanol–water partition coefficient (Wildman–Crippen LogP) is 3.29. The van der Waals surface area contributed by atoms with E-state index in [0.717, 1.165) is 10.6 Å². The number of thioether (sulfide) groups is 2. The first-order chi connectivity index (χ1) is 13.2. The van der Waals surface area contributed by atoms with Gasteiger partial charge >= 0.3 is 0 Å². The molecule has 0 unspecified atom stereocenters. The van der Waals surface area contributed by atoms with Crippen molar-refractivity contribution in [2.75, 3.05) is 18.1 Å². The number of aromatic nitrogens is 4. The quantitative estimate of drug-likeness (QED) is 0.569. The minimum absolute atomic E-state index is 0.0380. The number of tetrazole rings is 1. The molecule has 1 aliphatic heterocycles. The van der Waals surface area contributed by atoms with Crippen LogP contribution < -0.4 is 0 Å². The maximum absolute atomic E-state index is 14.1. The summed E-state index contributed by atoms with van der Waals surface area (Å²) in [6.45, 7) is 1.20. The van der Waals surface area contributed by atoms with Crippen LogP contribution in [-0.4, -0.2) is 49.1 Å². The number of carbonyl (C=O) groups is 1. The Morgan fingerprint density at radius 1 is 1.30 bits per heavy atom. The molecule has 0 aliphatic carbocycles. The van der Waals surface area contributed by atoms with Crippen LogP contribution in [0.5, 0.6) is 0 Å². The molecule has 10 heteroatoms. The van der Waals surface area contributed by atoms with Gasteiger partial charge in [-0.05, 0) is 27.9 Å². The average Bonchev–Trinajstić information content (AvgIpc) is 3.43. The van der Waals surface area contributed by atoms with Crippen molar-refractivity contribution >= 4 is 40.8 Å². The Morgan fingerprint density at radius 2 is 2.19 bits per heavy atom. The van der Waals surface area contributed by atoms with Crippen molar-refractivity contribution < 1.29 is 9.18 Å². The summed E-state index contributed by atoms with van der Waals surface area (Å²) < 4.78 is 15.8. The minimum atomic E-state index is -0.276. The second kappa shape index (κ2) is 8.41. The Morgan fingerprint density at radius 3 is 3.00 bits per heavy atom. The van der Waals surface area contributed by atoms with E-state index in [1.165, 1.54) is 17.8 Å². The van der Waals surface area contributed by atoms with Gasteiger partial charge in [0.2, 0.25) is 11.1 Å². The normalized spacial score (nSPS) is 16.8. The summed E-state index contributed by atoms with van der Waals surface area (Å²) in [5, 5.41) is 14.1. The van der Waals surface area contributed by atoms with Gasteiger partial charge in [0.25, 0.3) is 0 Å². The molecule has 4 rings (SSSR count). The number of thiophene rings is 1. The van der Waals surface area contributed by atoms with Crippen molar-refractivity contribution in [1.29, 1.82) is 0 Å². The first kappa shape index (κ1) is 18.5. The lowest BCUT2D eigenvalue weighted by Crippen LogP contribution is -2.32. The molecule has 1 fully saturated rings. The van der Waals surface area contributed by atoms with Crippen LogP contribution in [0.3, 0.4) is 0 Å². The number of benzene rings is 1. The fourth-order valence-corrected chi connectivity index (χ4v) is 5.56. The van der Waals surface area contributed by atoms with Gasteiger partial charge in [0.1, 0.15) is 11.2 Å². The van der Waals surface area contributed by atoms with Gasteiger partial charge in [-0.1, -0.05) is 36.0 Å². The van der Waals surface area contributed by atoms with E-state index >= 15 is 0 Å². The average molecular weight is 422 g/mol. The second-order valence-corrected chi connectivity index (χ2v) is 8.98. The lowest BCUT2D eigenvalue weighted by atomic mass is 10.2. The van der Waals surface area contributed by atoms with Gasteiger partial charge in [-0.2, -0.15) is 0 Å². The van der Waals surface area contributed by atoms with Crippen LogP contribution in [0.2, 0.25) is 0 Å². The maximum Gasteiger partial charge on any atom is 0.234 e. The molecular formula is C17H16FN5OS3. The van der Waals surface area contributed by atoms with Crippen molar-refractivity contribution in [1.82, 2.24) is 25.1 Å². The third-order valence-corrected chi connectivity index (χ3v) is 7.14. The van der Waals surface area contributed by atoms with Gasteiger partial charge in [-0.3, -0.25) is 4.79 Å². The van der Waals surface area contributed by atoms with Crippen LogP contribution in [0.1, 0.15) is 15.8 Å². The number of rotatable bonds is 6. The molecule has 3 heterocycles. The largest absolute Gasteiger partial charge is 0.325 e. The molecule has 1 aromatic carbocycles. The minimum Gasteiger partial charge on any atom is -0.325 e. The van der Waals surface area contributed by atoms with E-state index in [9.17, 15) is 9.18 Å². The molecule has 0 radical (unpaired) electrons. The number of carbonyl (C=O) groups excluding carboxylic acids is 1. The fourth-order valence-electron chi connectivity index (χ4n) is 2.82. The number of amides is 1. The summed E-state index contributed by atoms with van der Waals surface area (Å²) in [5.41, 5.74) is 0.556. The molecule has 1 aliphatic rings. The Kier molecular flexibility index (Phi) is 5.74. The van der Waals surface area contributed by atoms with Crippen molar-refractivity contribution in [3.05, 3.63) is 58.0 Å². The van der Waals surface area contributed by atoms with E-state index in [2.05, 4.69) is 15.5 Å². The third-order valence-electron chi connectivity index (χ3n) is 4.09. The van der Waals surface area contributed by atoms with Crippen LogP contribution in [0.25, 0.3) is 0 Å². The Hall–Kier alpha value is -1.91. The van der Waals surface area contributed by atoms with Crippen molar-refractivity contribution in [2.45, 2.75) is 17.1 Å². The van der Waals surface area contributed by atoms with Crippen LogP contribution in [0.4, 0.5) is 4.39 Å². The Bertz CT molecular complexity index is 917. The molecule has 2 aromatic heterocycles. The number of nitrogens with zero attached hydrogens (tertiary/aromatic N) is 5. The van der Waals surface area contributed by atoms with Crippen molar-refractivity contribution in [3.63, 3.8) is 0 Å². The van der Waals surface area contributed by atoms with E-state index in [1.54, 1.807) is 50.9 Å². The van der Waals surface area contributed by atoms with Crippen LogP contribution in [-0.2, 0) is 11.3 Å². The van der Waals surface area contributed by atoms with Gasteiger partial charge in [-0.25, -0.2) is 9.07 Å². The maximum atomic E-state index is 14.1. The molecule has 1 amide bonds. The smallest absolute Gasteiger partial charge is 0.234 e. The van der Waals surface area contributed by atoms with Gasteiger partial charge in [0, 0.05) is 22.7 Å². The van der Waals surface area contributed by atoms with Gasteiger partial charge < -0.3 is 4.90 Å². The molecule has 27 heavy (non-hydrogen) atoms. The lowest BCUT2D eigenvalue weighted by molar-refractivity contribution is -0.128. The first-order valence-electron chi connectivity index (χ1n) is 8.29. The van der Waals surface area contributed by atoms with Crippen LogP contribution in [0, 0.1) is 5.82 Å². The predicted molar refractivity (Wildman–Crippen MR) is 105 cm³/mol. The van der Waals surface area contributed by atoms with E-state index in [4.69, 9.17) is 0 Å². The highest BCUT2D eigenvalue weighted by Crippen LogP contribution is 2.39. The molecular weight excluding hydrogens is 405 g/mol. The summed E-state index contributed by atoms with van der Waals surface area (Å²) in [4.78, 5) is 15.6. The summed E-state index contributed by atoms with van der Waals surface area (Å²) >= 11 is 4.53. The fraction of sp³-hybridized carbons (Fsp3) is 0.294. The van der Waals surface area contributed by atoms with Gasteiger partial charge in [0.05, 0.1) is 12.3 Å². The highest BCUT2D eigenvalue weighted by molar-refractivity contribution is 8.00. The molecule has 140 valence electrons. The summed E-state index contributed by atoms with van der Waals surface area (Å²) in [7, 11) is 0. The number of hydrogen-bond donors (Lipinski definition) is 0. The van der Waals surface area contributed by atoms with E-state index in [0.29, 0.717) is 23.8 Å². The van der Waals surface area contributed by atoms with Crippen LogP contribution >= 0.6 is 34.9 Å². The van der Waals surface area contributed by atoms with Crippen molar-refractivity contribution in [3.8, 4) is 0 Å². The summed E-state index contributed by atoms with van der Waals surface area (Å²) in [6.07, 6.45) is 0. The zero-order valence-electron chi connectivity index (χ0n) is 14.2. The third kappa shape index (κ3) is 4.17. The standard InChI is InChI=1S/C17H16FN5OS3/c18-14-6-2-1-5-13(14)16-22(7-9-26-16)15(24)11-27-17-19-20-21-23(17)10-12-4-3-8-25-12/h1-6,8,16H,7,9-11H2/t16-/m1/s1. The zero-order chi connectivity index (χ0) is 18.6. The van der Waals surface area contributed by atoms with Crippen molar-refractivity contribution in [2.24, 2.45) is 0 Å². The summed E-state index contributed by atoms with van der Waals surface area (Å²) in [6, 6.07) is 10.6. The molecule has 3 aromatic rings. The number of hydrogen-bond acceptors (Lipinski definition) is 7. The summed E-state index contributed by atoms with van der Waals surface area (Å²) in [5.74, 6) is 0.702. The number of halogens is 1. The highest BCUT2D eigenvalue weighted by atomic mass is 32.2. The van der Waals surface area contributed by atoms with Crippen LogP contribution in [0.15, 0.2) is 46.9 Å². The Balaban J connectivity index is 1.41. The molecule has 0 spiro atoms. The van der Waals surface area contributed by atoms with E-state index in [1.807, 2.05) is 17.5 Å². The van der Waals surface area contributed by atoms with Gasteiger partial charge in [0.15, 0.2) is 0 Å². The van der Waals surface area contributed by atoms with E-state index in [-0.39, 0.29) is 22.9 Å². The SMILES string of the molecule is O=C(CSc1nnnn1Cc1cccs1)N1CCS[C@@H]1c1ccccc1F. The molecule has 6 nitrogen and oxygen atoms in total. The van der Waals surface area contributed by atoms with E-state index < -0.39 is 0 Å². The molecule has 0 N–H and O–H groups in total. The molecule has 1 atom stereocenters. The first-order valence-corrected chi connectivity index (χ1v) is 11.2. The molecule has 0 saturated carbocycles. The zero-order valence-corrected chi connectivity index (χ0v) is 16.6.